The van der Waals surface area contributed by atoms with Gasteiger partial charge in [0.1, 0.15) is 5.82 Å². The van der Waals surface area contributed by atoms with E-state index in [0.29, 0.717) is 5.69 Å². The zero-order valence-corrected chi connectivity index (χ0v) is 15.6. The van der Waals surface area contributed by atoms with Crippen LogP contribution in [0.25, 0.3) is 5.69 Å². The van der Waals surface area contributed by atoms with E-state index in [1.165, 1.54) is 12.1 Å². The third-order valence-electron chi connectivity index (χ3n) is 4.65. The van der Waals surface area contributed by atoms with Crippen molar-refractivity contribution in [2.45, 2.75) is 19.1 Å². The summed E-state index contributed by atoms with van der Waals surface area (Å²) in [6.45, 7) is 4.19. The van der Waals surface area contributed by atoms with Gasteiger partial charge in [-0.25, -0.2) is 14.1 Å². The lowest BCUT2D eigenvalue weighted by Crippen LogP contribution is -2.06. The first-order chi connectivity index (χ1) is 13.1. The molecule has 27 heavy (non-hydrogen) atoms. The van der Waals surface area contributed by atoms with Gasteiger partial charge in [0.05, 0.1) is 21.7 Å². The van der Waals surface area contributed by atoms with E-state index in [2.05, 4.69) is 5.10 Å². The fourth-order valence-electron chi connectivity index (χ4n) is 3.45. The monoisotopic (exact) mass is 381 g/mol. The Kier molecular flexibility index (Phi) is 3.72. The molecule has 0 radical (unpaired) electrons. The lowest BCUT2D eigenvalue weighted by molar-refractivity contribution is 0.174. The third-order valence-corrected chi connectivity index (χ3v) is 5.82. The van der Waals surface area contributed by atoms with Crippen LogP contribution in [0.5, 0.6) is 11.5 Å². The van der Waals surface area contributed by atoms with E-state index < -0.39 is 0 Å². The average molecular weight is 381 g/mol. The van der Waals surface area contributed by atoms with E-state index >= 15 is 0 Å². The van der Waals surface area contributed by atoms with E-state index in [4.69, 9.17) is 14.5 Å². The van der Waals surface area contributed by atoms with Crippen molar-refractivity contribution < 1.29 is 13.9 Å². The van der Waals surface area contributed by atoms with Crippen molar-refractivity contribution in [2.24, 2.45) is 4.99 Å². The van der Waals surface area contributed by atoms with Gasteiger partial charge in [-0.1, -0.05) is 23.9 Å². The fourth-order valence-corrected chi connectivity index (χ4v) is 4.60. The maximum absolute atomic E-state index is 13.7. The summed E-state index contributed by atoms with van der Waals surface area (Å²) in [6.07, 6.45) is 0. The number of hydrogen-bond donors (Lipinski definition) is 0. The number of aromatic nitrogens is 2. The van der Waals surface area contributed by atoms with E-state index in [1.54, 1.807) is 22.5 Å². The minimum atomic E-state index is -0.299. The van der Waals surface area contributed by atoms with Gasteiger partial charge in [-0.15, -0.1) is 0 Å². The minimum absolute atomic E-state index is 0.0364. The Bertz CT molecular complexity index is 1090. The predicted octanol–water partition coefficient (Wildman–Crippen LogP) is 4.93. The molecular formula is C20H16FN3O2S. The second-order valence-electron chi connectivity index (χ2n) is 6.46. The van der Waals surface area contributed by atoms with Crippen LogP contribution in [0.3, 0.4) is 0 Å². The first-order valence-electron chi connectivity index (χ1n) is 8.57. The zero-order chi connectivity index (χ0) is 18.5. The topological polar surface area (TPSA) is 48.6 Å². The van der Waals surface area contributed by atoms with Crippen LogP contribution in [0.2, 0.25) is 0 Å². The SMILES string of the molecule is CC1=Nc2c(c(C)nn2-c2cccc(F)c2)C(c2ccc3c(c2)OCO3)S1. The van der Waals surface area contributed by atoms with E-state index in [0.717, 1.165) is 39.2 Å². The van der Waals surface area contributed by atoms with Crippen molar-refractivity contribution in [2.75, 3.05) is 6.79 Å². The lowest BCUT2D eigenvalue weighted by atomic mass is 10.0. The molecule has 0 N–H and O–H groups in total. The smallest absolute Gasteiger partial charge is 0.231 e. The van der Waals surface area contributed by atoms with E-state index in [1.807, 2.05) is 38.1 Å². The summed E-state index contributed by atoms with van der Waals surface area (Å²) in [5.74, 6) is 1.96. The van der Waals surface area contributed by atoms with Crippen molar-refractivity contribution >= 4 is 22.6 Å². The number of fused-ring (bicyclic) bond motifs is 2. The summed E-state index contributed by atoms with van der Waals surface area (Å²) >= 11 is 1.68. The van der Waals surface area contributed by atoms with Gasteiger partial charge < -0.3 is 9.47 Å². The van der Waals surface area contributed by atoms with Crippen molar-refractivity contribution in [3.8, 4) is 17.2 Å². The number of nitrogens with zero attached hydrogens (tertiary/aromatic N) is 3. The van der Waals surface area contributed by atoms with E-state index in [-0.39, 0.29) is 17.9 Å². The molecule has 0 saturated carbocycles. The van der Waals surface area contributed by atoms with Gasteiger partial charge in [0.2, 0.25) is 6.79 Å². The van der Waals surface area contributed by atoms with Gasteiger partial charge in [-0.05, 0) is 49.7 Å². The summed E-state index contributed by atoms with van der Waals surface area (Å²) in [5, 5.41) is 5.63. The number of aliphatic imine (C=N–C) groups is 1. The zero-order valence-electron chi connectivity index (χ0n) is 14.8. The lowest BCUT2D eigenvalue weighted by Gasteiger charge is -2.22. The number of benzene rings is 2. The van der Waals surface area contributed by atoms with Crippen molar-refractivity contribution in [1.82, 2.24) is 9.78 Å². The molecule has 2 aliphatic rings. The molecule has 0 saturated heterocycles. The van der Waals surface area contributed by atoms with Crippen LogP contribution < -0.4 is 9.47 Å². The molecule has 0 amide bonds. The summed E-state index contributed by atoms with van der Waals surface area (Å²) in [5.41, 5.74) is 3.67. The number of rotatable bonds is 2. The van der Waals surface area contributed by atoms with Gasteiger partial charge in [0.15, 0.2) is 17.3 Å². The van der Waals surface area contributed by atoms with Gasteiger partial charge >= 0.3 is 0 Å². The van der Waals surface area contributed by atoms with Crippen LogP contribution >= 0.6 is 11.8 Å². The number of aryl methyl sites for hydroxylation is 1. The highest BCUT2D eigenvalue weighted by atomic mass is 32.2. The molecule has 7 heteroatoms. The summed E-state index contributed by atoms with van der Waals surface area (Å²) < 4.78 is 26.4. The van der Waals surface area contributed by atoms with Crippen LogP contribution in [0.1, 0.15) is 29.0 Å². The molecule has 1 atom stereocenters. The molecule has 5 rings (SSSR count). The Morgan fingerprint density at radius 1 is 1.11 bits per heavy atom. The number of thioether (sulfide) groups is 1. The average Bonchev–Trinajstić information content (AvgIpc) is 3.25. The number of halogens is 1. The van der Waals surface area contributed by atoms with Crippen LogP contribution in [-0.2, 0) is 0 Å². The van der Waals surface area contributed by atoms with Crippen molar-refractivity contribution in [3.05, 3.63) is 65.1 Å². The van der Waals surface area contributed by atoms with Crippen LogP contribution in [0.4, 0.5) is 10.2 Å². The van der Waals surface area contributed by atoms with Gasteiger partial charge in [0, 0.05) is 5.56 Å². The first-order valence-corrected chi connectivity index (χ1v) is 9.45. The molecule has 0 fully saturated rings. The summed E-state index contributed by atoms with van der Waals surface area (Å²) in [6, 6.07) is 12.4. The maximum atomic E-state index is 13.7. The molecular weight excluding hydrogens is 365 g/mol. The highest BCUT2D eigenvalue weighted by molar-refractivity contribution is 8.14. The highest BCUT2D eigenvalue weighted by Crippen LogP contribution is 2.49. The predicted molar refractivity (Wildman–Crippen MR) is 103 cm³/mol. The summed E-state index contributed by atoms with van der Waals surface area (Å²) in [7, 11) is 0. The molecule has 1 unspecified atom stereocenters. The Morgan fingerprint density at radius 2 is 1.96 bits per heavy atom. The van der Waals surface area contributed by atoms with Crippen LogP contribution in [0, 0.1) is 12.7 Å². The van der Waals surface area contributed by atoms with Gasteiger partial charge in [0.25, 0.3) is 0 Å². The van der Waals surface area contributed by atoms with Gasteiger partial charge in [-0.3, -0.25) is 0 Å². The molecule has 136 valence electrons. The summed E-state index contributed by atoms with van der Waals surface area (Å²) in [4.78, 5) is 4.72. The Labute approximate surface area is 159 Å². The Morgan fingerprint density at radius 3 is 2.81 bits per heavy atom. The van der Waals surface area contributed by atoms with Gasteiger partial charge in [-0.2, -0.15) is 5.10 Å². The molecule has 3 aromatic rings. The molecule has 2 aliphatic heterocycles. The first kappa shape index (κ1) is 16.4. The molecule has 0 aliphatic carbocycles. The maximum Gasteiger partial charge on any atom is 0.231 e. The second kappa shape index (κ2) is 6.13. The van der Waals surface area contributed by atoms with Crippen molar-refractivity contribution in [3.63, 3.8) is 0 Å². The molecule has 0 bridgehead atoms. The molecule has 3 heterocycles. The van der Waals surface area contributed by atoms with Crippen LogP contribution in [-0.4, -0.2) is 21.6 Å². The number of ether oxygens (including phenoxy) is 2. The van der Waals surface area contributed by atoms with Crippen LogP contribution in [0.15, 0.2) is 47.5 Å². The third kappa shape index (κ3) is 2.70. The standard InChI is InChI=1S/C20H16FN3O2S/c1-11-18-19(13-6-7-16-17(8-13)26-10-25-16)27-12(2)22-20(18)24(23-11)15-5-3-4-14(21)9-15/h3-9,19H,10H2,1-2H3. The Balaban J connectivity index is 1.66. The fraction of sp³-hybridized carbons (Fsp3) is 0.200. The molecule has 5 nitrogen and oxygen atoms in total. The minimum Gasteiger partial charge on any atom is -0.454 e. The molecule has 0 spiro atoms. The normalized spacial score (nSPS) is 17.6. The molecule has 1 aromatic heterocycles. The van der Waals surface area contributed by atoms with Crippen molar-refractivity contribution in [1.29, 1.82) is 0 Å². The second-order valence-corrected chi connectivity index (χ2v) is 7.75. The quantitative estimate of drug-likeness (QED) is 0.631. The highest BCUT2D eigenvalue weighted by Gasteiger charge is 2.31. The molecule has 2 aromatic carbocycles. The largest absolute Gasteiger partial charge is 0.454 e. The number of hydrogen-bond acceptors (Lipinski definition) is 5. The van der Waals surface area contributed by atoms with E-state index in [9.17, 15) is 4.39 Å². The Hall–Kier alpha value is -2.80.